The van der Waals surface area contributed by atoms with Crippen LogP contribution in [0.25, 0.3) is 0 Å². The largest absolute Gasteiger partial charge is 0.285 e. The number of rotatable bonds is 0. The van der Waals surface area contributed by atoms with Crippen LogP contribution in [0.3, 0.4) is 0 Å². The van der Waals surface area contributed by atoms with Crippen molar-refractivity contribution in [2.75, 3.05) is 7.05 Å². The second-order valence-corrected chi connectivity index (χ2v) is 6.28. The van der Waals surface area contributed by atoms with Crippen LogP contribution < -0.4 is 0 Å². The van der Waals surface area contributed by atoms with Crippen LogP contribution >= 0.6 is 0 Å². The zero-order valence-corrected chi connectivity index (χ0v) is 11.9. The van der Waals surface area contributed by atoms with Gasteiger partial charge >= 0.3 is 0 Å². The van der Waals surface area contributed by atoms with Gasteiger partial charge < -0.3 is 0 Å². The van der Waals surface area contributed by atoms with Crippen LogP contribution in [0.1, 0.15) is 23.0 Å². The van der Waals surface area contributed by atoms with E-state index in [0.717, 1.165) is 11.1 Å². The molecule has 1 aromatic rings. The molecule has 5 heteroatoms. The van der Waals surface area contributed by atoms with Gasteiger partial charge in [0, 0.05) is 18.9 Å². The molecule has 5 nitrogen and oxygen atoms in total. The number of fused-ring (bicyclic) bond motifs is 1. The van der Waals surface area contributed by atoms with E-state index in [9.17, 15) is 20.1 Å². The lowest BCUT2D eigenvalue weighted by atomic mass is 9.49. The summed E-state index contributed by atoms with van der Waals surface area (Å²) < 4.78 is 0. The van der Waals surface area contributed by atoms with E-state index in [2.05, 4.69) is 12.1 Å². The Balaban J connectivity index is 2.01. The first-order chi connectivity index (χ1) is 10.6. The lowest BCUT2D eigenvalue weighted by Gasteiger charge is -2.49. The summed E-state index contributed by atoms with van der Waals surface area (Å²) in [6.07, 6.45) is 0. The van der Waals surface area contributed by atoms with E-state index in [0.29, 0.717) is 0 Å². The highest BCUT2D eigenvalue weighted by molar-refractivity contribution is 6.06. The Morgan fingerprint density at radius 1 is 0.864 bits per heavy atom. The number of benzene rings is 1. The molecule has 22 heavy (non-hydrogen) atoms. The molecule has 108 valence electrons. The van der Waals surface area contributed by atoms with E-state index in [-0.39, 0.29) is 23.7 Å². The van der Waals surface area contributed by atoms with Gasteiger partial charge in [-0.25, -0.2) is 0 Å². The van der Waals surface area contributed by atoms with Gasteiger partial charge in [0.1, 0.15) is 0 Å². The summed E-state index contributed by atoms with van der Waals surface area (Å²) in [5.74, 6) is -3.20. The zero-order chi connectivity index (χ0) is 15.6. The molecule has 0 radical (unpaired) electrons. The van der Waals surface area contributed by atoms with E-state index in [1.54, 1.807) is 0 Å². The summed E-state index contributed by atoms with van der Waals surface area (Å²) in [5.41, 5.74) is 1.92. The molecule has 6 atom stereocenters. The number of imide groups is 1. The molecule has 5 rings (SSSR count). The van der Waals surface area contributed by atoms with Crippen molar-refractivity contribution in [3.05, 3.63) is 35.4 Å². The third-order valence-electron chi connectivity index (χ3n) is 5.57. The van der Waals surface area contributed by atoms with Crippen molar-refractivity contribution in [1.29, 1.82) is 10.5 Å². The third kappa shape index (κ3) is 1.27. The Labute approximate surface area is 127 Å². The first kappa shape index (κ1) is 13.0. The molecule has 2 amide bonds. The van der Waals surface area contributed by atoms with Crippen LogP contribution in [0, 0.1) is 46.3 Å². The van der Waals surface area contributed by atoms with E-state index < -0.39 is 23.7 Å². The standard InChI is InChI=1S/C17H13N3O2/c1-20-16(21)14-12-8-4-2-3-5-9(8)13(15(14)17(20)22)11(7-19)10(12)6-18/h2-5,10-15H,1H3/t10-,11-,12-,13+,14-,15+/m0/s1. The minimum atomic E-state index is -0.533. The van der Waals surface area contributed by atoms with Gasteiger partial charge in [-0.15, -0.1) is 0 Å². The van der Waals surface area contributed by atoms with Crippen molar-refractivity contribution in [2.45, 2.75) is 11.8 Å². The molecule has 3 aliphatic carbocycles. The number of nitrogens with zero attached hydrogens (tertiary/aromatic N) is 3. The van der Waals surface area contributed by atoms with Gasteiger partial charge in [-0.05, 0) is 11.1 Å². The Morgan fingerprint density at radius 2 is 1.27 bits per heavy atom. The SMILES string of the molecule is CN1C(=O)[C@@H]2[C@H](C1=O)[C@@H]1c3ccccc3[C@H]2[C@@H](C#N)[C@@H]1C#N. The highest BCUT2D eigenvalue weighted by atomic mass is 16.2. The fourth-order valence-electron chi connectivity index (χ4n) is 4.72. The van der Waals surface area contributed by atoms with Gasteiger partial charge in [0.05, 0.1) is 35.8 Å². The first-order valence-corrected chi connectivity index (χ1v) is 7.31. The van der Waals surface area contributed by atoms with Crippen LogP contribution in [0.15, 0.2) is 24.3 Å². The van der Waals surface area contributed by atoms with E-state index >= 15 is 0 Å². The normalized spacial score (nSPS) is 38.2. The monoisotopic (exact) mass is 291 g/mol. The average molecular weight is 291 g/mol. The highest BCUT2D eigenvalue weighted by Gasteiger charge is 2.65. The third-order valence-corrected chi connectivity index (χ3v) is 5.57. The fourth-order valence-corrected chi connectivity index (χ4v) is 4.72. The number of amides is 2. The van der Waals surface area contributed by atoms with Crippen LogP contribution in [-0.4, -0.2) is 23.8 Å². The van der Waals surface area contributed by atoms with Gasteiger partial charge in [-0.3, -0.25) is 14.5 Å². The molecule has 1 aliphatic heterocycles. The van der Waals surface area contributed by atoms with Crippen LogP contribution in [0.4, 0.5) is 0 Å². The topological polar surface area (TPSA) is 85.0 Å². The van der Waals surface area contributed by atoms with E-state index in [1.807, 2.05) is 24.3 Å². The molecule has 1 aromatic carbocycles. The summed E-state index contributed by atoms with van der Waals surface area (Å²) in [5, 5.41) is 19.1. The Kier molecular flexibility index (Phi) is 2.47. The number of carbonyl (C=O) groups excluding carboxylic acids is 2. The molecular weight excluding hydrogens is 278 g/mol. The molecule has 4 aliphatic rings. The molecule has 0 spiro atoms. The van der Waals surface area contributed by atoms with Gasteiger partial charge in [-0.2, -0.15) is 10.5 Å². The maximum absolute atomic E-state index is 12.5. The molecule has 0 aromatic heterocycles. The lowest BCUT2D eigenvalue weighted by molar-refractivity contribution is -0.138. The highest BCUT2D eigenvalue weighted by Crippen LogP contribution is 2.62. The zero-order valence-electron chi connectivity index (χ0n) is 11.9. The fraction of sp³-hybridized carbons (Fsp3) is 0.412. The van der Waals surface area contributed by atoms with E-state index in [4.69, 9.17) is 0 Å². The van der Waals surface area contributed by atoms with Crippen molar-refractivity contribution in [1.82, 2.24) is 4.90 Å². The predicted molar refractivity (Wildman–Crippen MR) is 74.9 cm³/mol. The maximum Gasteiger partial charge on any atom is 0.233 e. The van der Waals surface area contributed by atoms with Crippen molar-refractivity contribution in [3.63, 3.8) is 0 Å². The number of hydrogen-bond acceptors (Lipinski definition) is 4. The van der Waals surface area contributed by atoms with Crippen LogP contribution in [0.2, 0.25) is 0 Å². The van der Waals surface area contributed by atoms with Gasteiger partial charge in [0.2, 0.25) is 11.8 Å². The molecule has 1 heterocycles. The number of hydrogen-bond donors (Lipinski definition) is 0. The molecule has 2 fully saturated rings. The maximum atomic E-state index is 12.5. The lowest BCUT2D eigenvalue weighted by Crippen LogP contribution is -2.49. The van der Waals surface area contributed by atoms with Gasteiger partial charge in [0.25, 0.3) is 0 Å². The van der Waals surface area contributed by atoms with Crippen molar-refractivity contribution in [3.8, 4) is 12.1 Å². The average Bonchev–Trinajstić information content (AvgIpc) is 2.79. The smallest absolute Gasteiger partial charge is 0.233 e. The summed E-state index contributed by atoms with van der Waals surface area (Å²) in [7, 11) is 1.50. The molecular formula is C17H13N3O2. The van der Waals surface area contributed by atoms with E-state index in [1.165, 1.54) is 11.9 Å². The molecule has 0 N–H and O–H groups in total. The van der Waals surface area contributed by atoms with Gasteiger partial charge in [0.15, 0.2) is 0 Å². The first-order valence-electron chi connectivity index (χ1n) is 7.31. The second-order valence-electron chi connectivity index (χ2n) is 6.28. The molecule has 2 bridgehead atoms. The summed E-state index contributed by atoms with van der Waals surface area (Å²) in [4.78, 5) is 26.2. The minimum absolute atomic E-state index is 0.212. The van der Waals surface area contributed by atoms with Gasteiger partial charge in [-0.1, -0.05) is 24.3 Å². The second kappa shape index (κ2) is 4.18. The summed E-state index contributed by atoms with van der Waals surface area (Å²) in [6.45, 7) is 0. The molecule has 1 saturated heterocycles. The van der Waals surface area contributed by atoms with Crippen LogP contribution in [-0.2, 0) is 9.59 Å². The molecule has 1 saturated carbocycles. The predicted octanol–water partition coefficient (Wildman–Crippen LogP) is 1.39. The summed E-state index contributed by atoms with van der Waals surface area (Å²) >= 11 is 0. The Hall–Kier alpha value is -2.66. The van der Waals surface area contributed by atoms with Crippen molar-refractivity contribution < 1.29 is 9.59 Å². The minimum Gasteiger partial charge on any atom is -0.285 e. The quantitative estimate of drug-likeness (QED) is 0.676. The van der Waals surface area contributed by atoms with Crippen molar-refractivity contribution >= 4 is 11.8 Å². The van der Waals surface area contributed by atoms with Crippen LogP contribution in [0.5, 0.6) is 0 Å². The Morgan fingerprint density at radius 3 is 1.64 bits per heavy atom. The van der Waals surface area contributed by atoms with Crippen molar-refractivity contribution in [2.24, 2.45) is 23.7 Å². The number of carbonyl (C=O) groups is 2. The number of likely N-dealkylation sites (tertiary alicyclic amines) is 1. The number of nitriles is 2. The molecule has 0 unspecified atom stereocenters. The summed E-state index contributed by atoms with van der Waals surface area (Å²) in [6, 6.07) is 12.1. The Bertz CT molecular complexity index is 723.